The summed E-state index contributed by atoms with van der Waals surface area (Å²) in [7, 11) is 4.27. The minimum absolute atomic E-state index is 0.414. The highest BCUT2D eigenvalue weighted by molar-refractivity contribution is 6.16. The molecule has 0 unspecified atom stereocenters. The Morgan fingerprint density at radius 1 is 1.50 bits per heavy atom. The van der Waals surface area contributed by atoms with Crippen LogP contribution < -0.4 is 4.90 Å². The Morgan fingerprint density at radius 3 is 2.69 bits per heavy atom. The van der Waals surface area contributed by atoms with Crippen molar-refractivity contribution in [3.63, 3.8) is 0 Å². The van der Waals surface area contributed by atoms with E-state index in [1.54, 1.807) is 6.26 Å². The van der Waals surface area contributed by atoms with Gasteiger partial charge in [-0.05, 0) is 26.9 Å². The number of rotatable bonds is 3. The molecule has 2 heterocycles. The van der Waals surface area contributed by atoms with Gasteiger partial charge in [0.1, 0.15) is 6.26 Å². The zero-order chi connectivity index (χ0) is 11.5. The van der Waals surface area contributed by atoms with Crippen molar-refractivity contribution in [1.29, 1.82) is 0 Å². The molecule has 0 atom stereocenters. The predicted molar refractivity (Wildman–Crippen MR) is 65.0 cm³/mol. The van der Waals surface area contributed by atoms with Crippen LogP contribution in [0.2, 0.25) is 0 Å². The van der Waals surface area contributed by atoms with Gasteiger partial charge in [-0.25, -0.2) is 0 Å². The van der Waals surface area contributed by atoms with Crippen LogP contribution in [0.15, 0.2) is 10.7 Å². The van der Waals surface area contributed by atoms with Gasteiger partial charge >= 0.3 is 0 Å². The smallest absolute Gasteiger partial charge is 0.297 e. The van der Waals surface area contributed by atoms with Crippen LogP contribution in [0.5, 0.6) is 0 Å². The summed E-state index contributed by atoms with van der Waals surface area (Å²) in [5.41, 5.74) is 0.811. The molecule has 90 valence electrons. The fourth-order valence-electron chi connectivity index (χ4n) is 2.08. The van der Waals surface area contributed by atoms with Crippen LogP contribution in [0, 0.1) is 0 Å². The molecule has 0 aromatic carbocycles. The van der Waals surface area contributed by atoms with Crippen LogP contribution in [0.1, 0.15) is 18.5 Å². The standard InChI is InChI=1S/C11H18ClN3O/c1-14(2)10-3-5-15(6-4-10)11-13-9(7-12)8-16-11/h8,10H,3-7H2,1-2H3. The monoisotopic (exact) mass is 243 g/mol. The van der Waals surface area contributed by atoms with Crippen molar-refractivity contribution in [3.8, 4) is 0 Å². The number of hydrogen-bond acceptors (Lipinski definition) is 4. The highest BCUT2D eigenvalue weighted by Gasteiger charge is 2.23. The fraction of sp³-hybridized carbons (Fsp3) is 0.727. The second-order valence-corrected chi connectivity index (χ2v) is 4.70. The van der Waals surface area contributed by atoms with Crippen molar-refractivity contribution >= 4 is 17.6 Å². The first-order valence-electron chi connectivity index (χ1n) is 5.62. The lowest BCUT2D eigenvalue weighted by atomic mass is 10.0. The van der Waals surface area contributed by atoms with Gasteiger partial charge in [-0.2, -0.15) is 4.98 Å². The molecule has 0 saturated carbocycles. The van der Waals surface area contributed by atoms with Crippen molar-refractivity contribution in [3.05, 3.63) is 12.0 Å². The quantitative estimate of drug-likeness (QED) is 0.760. The third kappa shape index (κ3) is 2.50. The van der Waals surface area contributed by atoms with Gasteiger partial charge in [0, 0.05) is 19.1 Å². The molecule has 0 radical (unpaired) electrons. The molecule has 2 rings (SSSR count). The molecule has 1 aliphatic heterocycles. The molecule has 0 aliphatic carbocycles. The Kier molecular flexibility index (Phi) is 3.71. The summed E-state index contributed by atoms with van der Waals surface area (Å²) in [5.74, 6) is 0.414. The number of piperidine rings is 1. The number of oxazole rings is 1. The highest BCUT2D eigenvalue weighted by Crippen LogP contribution is 2.21. The van der Waals surface area contributed by atoms with E-state index < -0.39 is 0 Å². The molecule has 0 amide bonds. The van der Waals surface area contributed by atoms with Gasteiger partial charge in [0.05, 0.1) is 11.6 Å². The Labute approximate surface area is 101 Å². The van der Waals surface area contributed by atoms with E-state index in [1.165, 1.54) is 0 Å². The zero-order valence-corrected chi connectivity index (χ0v) is 10.6. The van der Waals surface area contributed by atoms with E-state index in [4.69, 9.17) is 16.0 Å². The van der Waals surface area contributed by atoms with Crippen molar-refractivity contribution in [2.45, 2.75) is 24.8 Å². The Balaban J connectivity index is 1.93. The summed E-state index contributed by atoms with van der Waals surface area (Å²) in [6.07, 6.45) is 3.96. The van der Waals surface area contributed by atoms with Crippen LogP contribution in [0.3, 0.4) is 0 Å². The second-order valence-electron chi connectivity index (χ2n) is 4.44. The number of alkyl halides is 1. The van der Waals surface area contributed by atoms with Crippen LogP contribution in [-0.2, 0) is 5.88 Å². The molecule has 1 fully saturated rings. The minimum Gasteiger partial charge on any atom is -0.432 e. The summed E-state index contributed by atoms with van der Waals surface area (Å²) in [4.78, 5) is 8.82. The Bertz CT molecular complexity index is 332. The van der Waals surface area contributed by atoms with Gasteiger partial charge in [0.25, 0.3) is 6.01 Å². The summed E-state index contributed by atoms with van der Waals surface area (Å²) in [5, 5.41) is 0. The highest BCUT2D eigenvalue weighted by atomic mass is 35.5. The second kappa shape index (κ2) is 5.06. The lowest BCUT2D eigenvalue weighted by Crippen LogP contribution is -2.42. The molecule has 1 aliphatic rings. The number of aromatic nitrogens is 1. The summed E-state index contributed by atoms with van der Waals surface area (Å²) < 4.78 is 5.41. The first-order chi connectivity index (χ1) is 7.70. The summed E-state index contributed by atoms with van der Waals surface area (Å²) in [6.45, 7) is 2.01. The number of nitrogens with zero attached hydrogens (tertiary/aromatic N) is 3. The van der Waals surface area contributed by atoms with Crippen LogP contribution in [-0.4, -0.2) is 43.1 Å². The fourth-order valence-corrected chi connectivity index (χ4v) is 2.20. The van der Waals surface area contributed by atoms with Crippen molar-refractivity contribution in [2.24, 2.45) is 0 Å². The minimum atomic E-state index is 0.414. The maximum Gasteiger partial charge on any atom is 0.297 e. The normalized spacial score (nSPS) is 18.4. The van der Waals surface area contributed by atoms with E-state index in [1.807, 2.05) is 0 Å². The van der Waals surface area contributed by atoms with Crippen LogP contribution in [0.25, 0.3) is 0 Å². The zero-order valence-electron chi connectivity index (χ0n) is 9.82. The van der Waals surface area contributed by atoms with Gasteiger partial charge < -0.3 is 14.2 Å². The SMILES string of the molecule is CN(C)C1CCN(c2nc(CCl)co2)CC1. The maximum atomic E-state index is 5.70. The van der Waals surface area contributed by atoms with E-state index in [9.17, 15) is 0 Å². The van der Waals surface area contributed by atoms with E-state index in [2.05, 4.69) is 28.9 Å². The maximum absolute atomic E-state index is 5.70. The van der Waals surface area contributed by atoms with E-state index in [0.717, 1.165) is 31.6 Å². The van der Waals surface area contributed by atoms with E-state index in [-0.39, 0.29) is 0 Å². The van der Waals surface area contributed by atoms with Gasteiger partial charge in [-0.3, -0.25) is 0 Å². The van der Waals surface area contributed by atoms with Gasteiger partial charge in [-0.1, -0.05) is 0 Å². The number of halogens is 1. The first-order valence-corrected chi connectivity index (χ1v) is 6.16. The lowest BCUT2D eigenvalue weighted by Gasteiger charge is -2.34. The van der Waals surface area contributed by atoms with Gasteiger partial charge in [0.15, 0.2) is 0 Å². The van der Waals surface area contributed by atoms with Crippen LogP contribution in [0.4, 0.5) is 6.01 Å². The lowest BCUT2D eigenvalue weighted by molar-refractivity contribution is 0.246. The molecular formula is C11H18ClN3O. The summed E-state index contributed by atoms with van der Waals surface area (Å²) in [6, 6.07) is 1.39. The molecule has 0 N–H and O–H groups in total. The van der Waals surface area contributed by atoms with Gasteiger partial charge in [-0.15, -0.1) is 11.6 Å². The largest absolute Gasteiger partial charge is 0.432 e. The molecule has 16 heavy (non-hydrogen) atoms. The number of anilines is 1. The van der Waals surface area contributed by atoms with Crippen LogP contribution >= 0.6 is 11.6 Å². The third-order valence-corrected chi connectivity index (χ3v) is 3.42. The summed E-state index contributed by atoms with van der Waals surface area (Å²) >= 11 is 5.70. The molecule has 0 spiro atoms. The van der Waals surface area contributed by atoms with E-state index >= 15 is 0 Å². The molecule has 1 aromatic rings. The average Bonchev–Trinajstić information content (AvgIpc) is 2.77. The molecule has 0 bridgehead atoms. The van der Waals surface area contributed by atoms with Crippen molar-refractivity contribution in [1.82, 2.24) is 9.88 Å². The molecule has 1 saturated heterocycles. The third-order valence-electron chi connectivity index (χ3n) is 3.14. The average molecular weight is 244 g/mol. The molecule has 1 aromatic heterocycles. The first kappa shape index (κ1) is 11.7. The molecular weight excluding hydrogens is 226 g/mol. The predicted octanol–water partition coefficient (Wildman–Crippen LogP) is 1.94. The van der Waals surface area contributed by atoms with Gasteiger partial charge in [0.2, 0.25) is 0 Å². The number of hydrogen-bond donors (Lipinski definition) is 0. The van der Waals surface area contributed by atoms with Crippen molar-refractivity contribution in [2.75, 3.05) is 32.1 Å². The Hall–Kier alpha value is -0.740. The van der Waals surface area contributed by atoms with E-state index in [0.29, 0.717) is 17.9 Å². The van der Waals surface area contributed by atoms with Crippen molar-refractivity contribution < 1.29 is 4.42 Å². The molecule has 4 nitrogen and oxygen atoms in total. The topological polar surface area (TPSA) is 32.5 Å². The Morgan fingerprint density at radius 2 is 2.19 bits per heavy atom. The molecule has 5 heteroatoms.